The van der Waals surface area contributed by atoms with Gasteiger partial charge >= 0.3 is 0 Å². The van der Waals surface area contributed by atoms with Gasteiger partial charge in [0, 0.05) is 5.22 Å². The predicted octanol–water partition coefficient (Wildman–Crippen LogP) is -9.71. The van der Waals surface area contributed by atoms with Crippen molar-refractivity contribution in [3.8, 4) is 18.1 Å². The fourth-order valence-corrected chi connectivity index (χ4v) is 5.12. The summed E-state index contributed by atoms with van der Waals surface area (Å²) in [4.78, 5) is 0. The van der Waals surface area contributed by atoms with Gasteiger partial charge in [0.1, 0.15) is 92.1 Å². The minimum Gasteiger partial charge on any atom is -0.508 e. The van der Waals surface area contributed by atoms with E-state index in [1.165, 1.54) is 54.7 Å². The molecule has 0 heterocycles. The van der Waals surface area contributed by atoms with E-state index in [4.69, 9.17) is 6.42 Å². The van der Waals surface area contributed by atoms with E-state index < -0.39 is 0 Å². The van der Waals surface area contributed by atoms with Crippen LogP contribution in [0, 0.1) is 12.3 Å². The Balaban J connectivity index is 2.95. The van der Waals surface area contributed by atoms with Crippen LogP contribution in [0.15, 0.2) is 44.9 Å². The van der Waals surface area contributed by atoms with Crippen LogP contribution in [0.5, 0.6) is 5.75 Å². The van der Waals surface area contributed by atoms with Gasteiger partial charge in [-0.05, 0) is 35.8 Å². The quantitative estimate of drug-likeness (QED) is 0.269. The van der Waals surface area contributed by atoms with Crippen molar-refractivity contribution >= 4 is 114 Å². The molecule has 0 radical (unpaired) electrons. The van der Waals surface area contributed by atoms with E-state index in [1.54, 1.807) is 0 Å². The first-order valence-corrected chi connectivity index (χ1v) is 12.4. The highest BCUT2D eigenvalue weighted by molar-refractivity contribution is 6.58. The second kappa shape index (κ2) is 11.2. The average Bonchev–Trinajstić information content (AvgIpc) is 2.82. The summed E-state index contributed by atoms with van der Waals surface area (Å²) < 4.78 is 0. The van der Waals surface area contributed by atoms with Crippen molar-refractivity contribution in [3.63, 3.8) is 0 Å². The fraction of sp³-hybridized carbons (Fsp3) is 0.182. The summed E-state index contributed by atoms with van der Waals surface area (Å²) in [6.45, 7) is 4.16. The van der Waals surface area contributed by atoms with Crippen molar-refractivity contribution in [2.75, 3.05) is 0 Å². The van der Waals surface area contributed by atoms with E-state index in [-0.39, 0.29) is 5.82 Å². The van der Waals surface area contributed by atoms with Crippen LogP contribution in [-0.2, 0) is 0 Å². The van der Waals surface area contributed by atoms with E-state index in [2.05, 4.69) is 83.1 Å². The average molecular weight is 432 g/mol. The summed E-state index contributed by atoms with van der Waals surface area (Å²) >= 11 is 0. The highest BCUT2D eigenvalue weighted by Crippen LogP contribution is 2.32. The summed E-state index contributed by atoms with van der Waals surface area (Å²) in [6.07, 6.45) is 8.53. The number of fused-ring (bicyclic) bond motifs is 1. The monoisotopic (exact) mass is 434 g/mol. The van der Waals surface area contributed by atoms with Gasteiger partial charge in [-0.15, -0.1) is 40.4 Å². The molecule has 160 valence electrons. The van der Waals surface area contributed by atoms with E-state index in [0.717, 1.165) is 40.9 Å². The fourth-order valence-electron chi connectivity index (χ4n) is 5.12. The van der Waals surface area contributed by atoms with Crippen molar-refractivity contribution < 1.29 is 5.11 Å². The van der Waals surface area contributed by atoms with Crippen molar-refractivity contribution in [1.29, 1.82) is 0 Å². The number of hydrogen-bond donors (Lipinski definition) is 1. The maximum Gasteiger partial charge on any atom is 0.149 e. The van der Waals surface area contributed by atoms with Gasteiger partial charge in [0.15, 0.2) is 0 Å². The van der Waals surface area contributed by atoms with Crippen LogP contribution in [0.3, 0.4) is 0 Å². The van der Waals surface area contributed by atoms with Gasteiger partial charge in [0.05, 0.1) is 0 Å². The van der Waals surface area contributed by atoms with Crippen LogP contribution >= 0.6 is 0 Å². The number of benzene rings is 1. The first-order chi connectivity index (χ1) is 15.8. The Bertz CT molecular complexity index is 1330. The first-order valence-electron chi connectivity index (χ1n) is 12.4. The third kappa shape index (κ3) is 5.30. The van der Waals surface area contributed by atoms with Gasteiger partial charge in [-0.3, -0.25) is 0 Å². The number of terminal acetylenes is 1. The first kappa shape index (κ1) is 28.2. The smallest absolute Gasteiger partial charge is 0.149 e. The maximum absolute atomic E-state index is 11.4. The summed E-state index contributed by atoms with van der Waals surface area (Å²) in [6, 6.07) is 0. The van der Waals surface area contributed by atoms with Crippen LogP contribution in [0.1, 0.15) is 19.3 Å². The molecule has 12 heteroatoms. The van der Waals surface area contributed by atoms with Crippen molar-refractivity contribution in [2.24, 2.45) is 0 Å². The Morgan fingerprint density at radius 2 is 1.47 bits per heavy atom. The van der Waals surface area contributed by atoms with Crippen molar-refractivity contribution in [3.05, 3.63) is 55.3 Å². The third-order valence-electron chi connectivity index (χ3n) is 8.58. The second-order valence-electron chi connectivity index (χ2n) is 10.4. The summed E-state index contributed by atoms with van der Waals surface area (Å²) in [5, 5.41) is 13.8. The molecule has 1 aromatic carbocycles. The zero-order valence-electron chi connectivity index (χ0n) is 23.4. The lowest BCUT2D eigenvalue weighted by molar-refractivity contribution is 0.474. The molecule has 1 N–H and O–H groups in total. The van der Waals surface area contributed by atoms with Crippen LogP contribution in [0.4, 0.5) is 0 Å². The largest absolute Gasteiger partial charge is 0.508 e. The SMILES string of the molecule is BC(=C)/C(B)=C(/B)C(B)C1=c2c(O)c(B)c(B)c(B)c2=C(C/C(B)=C(B)\C(B)=C(\B)C#C)CC1. The Labute approximate surface area is 217 Å². The van der Waals surface area contributed by atoms with Gasteiger partial charge in [-0.2, -0.15) is 0 Å². The number of allylic oxidation sites excluding steroid dienone is 7. The van der Waals surface area contributed by atoms with Crippen molar-refractivity contribution in [1.82, 2.24) is 0 Å². The highest BCUT2D eigenvalue weighted by atomic mass is 16.3. The Morgan fingerprint density at radius 3 is 2.00 bits per heavy atom. The lowest BCUT2D eigenvalue weighted by Crippen LogP contribution is -2.57. The summed E-state index contributed by atoms with van der Waals surface area (Å²) in [7, 11) is 23.6. The second-order valence-corrected chi connectivity index (χ2v) is 10.4. The Morgan fingerprint density at radius 1 is 0.882 bits per heavy atom. The zero-order valence-corrected chi connectivity index (χ0v) is 23.4. The van der Waals surface area contributed by atoms with Gasteiger partial charge in [0.25, 0.3) is 0 Å². The van der Waals surface area contributed by atoms with Gasteiger partial charge in [-0.1, -0.05) is 38.9 Å². The molecule has 1 aliphatic carbocycles. The summed E-state index contributed by atoms with van der Waals surface area (Å²) in [5.74, 6) is 3.50. The molecule has 0 saturated carbocycles. The molecule has 0 bridgehead atoms. The molecule has 1 nitrogen and oxygen atoms in total. The van der Waals surface area contributed by atoms with Crippen LogP contribution in [0.25, 0.3) is 11.1 Å². The number of phenolic OH excluding ortho intramolecular Hbond substituents is 1. The van der Waals surface area contributed by atoms with E-state index in [1.807, 2.05) is 15.7 Å². The van der Waals surface area contributed by atoms with Crippen LogP contribution < -0.4 is 26.8 Å². The van der Waals surface area contributed by atoms with E-state index >= 15 is 0 Å². The normalized spacial score (nSPS) is 16.4. The topological polar surface area (TPSA) is 20.2 Å². The molecule has 34 heavy (non-hydrogen) atoms. The summed E-state index contributed by atoms with van der Waals surface area (Å²) in [5.41, 5.74) is 14.7. The van der Waals surface area contributed by atoms with Gasteiger partial charge < -0.3 is 5.11 Å². The van der Waals surface area contributed by atoms with Crippen LogP contribution in [-0.4, -0.2) is 91.4 Å². The molecule has 1 atom stereocenters. The van der Waals surface area contributed by atoms with E-state index in [9.17, 15) is 5.11 Å². The molecule has 0 saturated heterocycles. The molecule has 1 unspecified atom stereocenters. The number of phenols is 1. The number of hydrogen-bond acceptors (Lipinski definition) is 1. The van der Waals surface area contributed by atoms with Crippen molar-refractivity contribution in [2.45, 2.75) is 25.1 Å². The lowest BCUT2D eigenvalue weighted by atomic mass is 9.58. The molecular weight excluding hydrogens is 399 g/mol. The molecule has 0 fully saturated rings. The Kier molecular flexibility index (Phi) is 9.26. The number of aromatic hydroxyl groups is 1. The molecule has 2 rings (SSSR count). The predicted molar refractivity (Wildman–Crippen MR) is 184 cm³/mol. The minimum absolute atomic E-state index is 0.256. The highest BCUT2D eigenvalue weighted by Gasteiger charge is 2.23. The van der Waals surface area contributed by atoms with Gasteiger partial charge in [-0.25, -0.2) is 0 Å². The molecule has 0 aromatic heterocycles. The zero-order chi connectivity index (χ0) is 26.1. The molecule has 0 spiro atoms. The Hall–Kier alpha value is -2.01. The van der Waals surface area contributed by atoms with Gasteiger partial charge in [0.2, 0.25) is 0 Å². The molecule has 0 amide bonds. The minimum atomic E-state index is 0.256. The standard InChI is InChI=1S/C22H33B11O/c1-3-10(24)16(28)17(29)11(25)6-8-4-5-9(15(27)19(31)14(26)7(2)23)13-12(8)18(30)20(32)21(33)22(13)34/h1,15,34H,2,4-6,23-33H2/b16-10-,17-11-,19-14-. The van der Waals surface area contributed by atoms with E-state index in [0.29, 0.717) is 5.75 Å². The maximum atomic E-state index is 11.4. The van der Waals surface area contributed by atoms with Crippen LogP contribution in [0.2, 0.25) is 5.82 Å². The molecule has 1 aliphatic rings. The molecular formula is C22H33B11O. The number of rotatable bonds is 6. The molecule has 1 aromatic rings. The lowest BCUT2D eigenvalue weighted by Gasteiger charge is -2.28. The third-order valence-corrected chi connectivity index (χ3v) is 8.58. The molecule has 0 aliphatic heterocycles.